The quantitative estimate of drug-likeness (QED) is 0.524. The van der Waals surface area contributed by atoms with E-state index >= 15 is 0 Å². The molecule has 1 aromatic carbocycles. The number of benzene rings is 1. The van der Waals surface area contributed by atoms with Crippen molar-refractivity contribution < 1.29 is 19.1 Å². The molecule has 1 amide bonds. The Morgan fingerprint density at radius 1 is 1.00 bits per heavy atom. The van der Waals surface area contributed by atoms with Crippen molar-refractivity contribution in [3.05, 3.63) is 29.3 Å². The van der Waals surface area contributed by atoms with E-state index in [4.69, 9.17) is 9.47 Å². The largest absolute Gasteiger partial charge is 0.483 e. The maximum Gasteiger partial charge on any atom is 0.307 e. The number of ether oxygens (including phenoxy) is 2. The van der Waals surface area contributed by atoms with Gasteiger partial charge in [0.2, 0.25) is 0 Å². The maximum absolute atomic E-state index is 12.7. The molecule has 0 spiro atoms. The number of aryl methyl sites for hydroxylation is 1. The molecule has 0 unspecified atom stereocenters. The molecule has 0 aliphatic carbocycles. The lowest BCUT2D eigenvalue weighted by molar-refractivity contribution is -0.144. The molecule has 6 heteroatoms. The topological polar surface area (TPSA) is 59.1 Å². The van der Waals surface area contributed by atoms with Gasteiger partial charge in [0.25, 0.3) is 5.91 Å². The van der Waals surface area contributed by atoms with Gasteiger partial charge in [-0.15, -0.1) is 0 Å². The van der Waals surface area contributed by atoms with E-state index in [2.05, 4.69) is 18.7 Å². The molecule has 0 aliphatic heterocycles. The Hall–Kier alpha value is -2.08. The van der Waals surface area contributed by atoms with E-state index in [9.17, 15) is 9.59 Å². The molecule has 1 aromatic rings. The second kappa shape index (κ2) is 12.3. The summed E-state index contributed by atoms with van der Waals surface area (Å²) in [5.74, 6) is 0.318. The second-order valence-corrected chi connectivity index (χ2v) is 6.45. The molecular weight excluding hydrogens is 344 g/mol. The standard InChI is InChI=1S/C21H34N2O4/c1-6-22(7-2)14-15-23(13-12-21(25)26-8-3)20(24)16-27-19-11-9-10-17(4)18(19)5/h9-11H,6-8,12-16H2,1-5H3. The highest BCUT2D eigenvalue weighted by Gasteiger charge is 2.17. The molecule has 0 atom stereocenters. The first kappa shape index (κ1) is 23.0. The van der Waals surface area contributed by atoms with Crippen molar-refractivity contribution in [3.63, 3.8) is 0 Å². The van der Waals surface area contributed by atoms with E-state index in [-0.39, 0.29) is 24.9 Å². The lowest BCUT2D eigenvalue weighted by atomic mass is 10.1. The number of esters is 1. The Bertz CT molecular complexity index is 600. The Morgan fingerprint density at radius 3 is 2.33 bits per heavy atom. The zero-order valence-electron chi connectivity index (χ0n) is 17.4. The van der Waals surface area contributed by atoms with Crippen LogP contribution in [0, 0.1) is 13.8 Å². The number of hydrogen-bond acceptors (Lipinski definition) is 5. The van der Waals surface area contributed by atoms with Crippen LogP contribution in [0.15, 0.2) is 18.2 Å². The summed E-state index contributed by atoms with van der Waals surface area (Å²) in [5.41, 5.74) is 2.16. The van der Waals surface area contributed by atoms with Crippen molar-refractivity contribution in [1.82, 2.24) is 9.80 Å². The van der Waals surface area contributed by atoms with Crippen LogP contribution >= 0.6 is 0 Å². The Kier molecular flexibility index (Phi) is 10.5. The first-order valence-corrected chi connectivity index (χ1v) is 9.77. The number of carbonyl (C=O) groups is 2. The van der Waals surface area contributed by atoms with Crippen LogP contribution in [-0.2, 0) is 14.3 Å². The number of nitrogens with zero attached hydrogens (tertiary/aromatic N) is 2. The van der Waals surface area contributed by atoms with Crippen LogP contribution in [-0.4, -0.2) is 67.6 Å². The highest BCUT2D eigenvalue weighted by Crippen LogP contribution is 2.20. The smallest absolute Gasteiger partial charge is 0.307 e. The summed E-state index contributed by atoms with van der Waals surface area (Å²) in [6.45, 7) is 13.8. The number of rotatable bonds is 12. The molecule has 0 N–H and O–H groups in total. The zero-order chi connectivity index (χ0) is 20.2. The minimum Gasteiger partial charge on any atom is -0.483 e. The molecular formula is C21H34N2O4. The molecule has 0 radical (unpaired) electrons. The van der Waals surface area contributed by atoms with Crippen molar-refractivity contribution >= 4 is 11.9 Å². The summed E-state index contributed by atoms with van der Waals surface area (Å²) in [6, 6.07) is 5.80. The fourth-order valence-electron chi connectivity index (χ4n) is 2.73. The van der Waals surface area contributed by atoms with E-state index in [1.165, 1.54) is 0 Å². The SMILES string of the molecule is CCOC(=O)CCN(CCN(CC)CC)C(=O)COc1cccc(C)c1C. The number of likely N-dealkylation sites (N-methyl/N-ethyl adjacent to an activating group) is 1. The summed E-state index contributed by atoms with van der Waals surface area (Å²) in [4.78, 5) is 28.3. The van der Waals surface area contributed by atoms with Gasteiger partial charge < -0.3 is 19.3 Å². The van der Waals surface area contributed by atoms with Gasteiger partial charge in [-0.05, 0) is 51.1 Å². The van der Waals surface area contributed by atoms with Crippen LogP contribution in [0.25, 0.3) is 0 Å². The monoisotopic (exact) mass is 378 g/mol. The van der Waals surface area contributed by atoms with Crippen LogP contribution in [0.1, 0.15) is 38.3 Å². The van der Waals surface area contributed by atoms with Gasteiger partial charge in [0.15, 0.2) is 6.61 Å². The van der Waals surface area contributed by atoms with E-state index < -0.39 is 0 Å². The second-order valence-electron chi connectivity index (χ2n) is 6.45. The first-order valence-electron chi connectivity index (χ1n) is 9.77. The van der Waals surface area contributed by atoms with Gasteiger partial charge >= 0.3 is 5.97 Å². The van der Waals surface area contributed by atoms with Crippen LogP contribution in [0.4, 0.5) is 0 Å². The predicted octanol–water partition coefficient (Wildman–Crippen LogP) is 2.81. The van der Waals surface area contributed by atoms with Gasteiger partial charge in [0.1, 0.15) is 5.75 Å². The Labute approximate surface area is 163 Å². The molecule has 27 heavy (non-hydrogen) atoms. The molecule has 0 aliphatic rings. The van der Waals surface area contributed by atoms with Crippen molar-refractivity contribution in [2.45, 2.75) is 41.0 Å². The van der Waals surface area contributed by atoms with Gasteiger partial charge in [0, 0.05) is 19.6 Å². The van der Waals surface area contributed by atoms with Gasteiger partial charge in [-0.3, -0.25) is 9.59 Å². The fourth-order valence-corrected chi connectivity index (χ4v) is 2.73. The Balaban J connectivity index is 2.69. The average molecular weight is 379 g/mol. The molecule has 0 aromatic heterocycles. The van der Waals surface area contributed by atoms with Crippen LogP contribution < -0.4 is 4.74 Å². The molecule has 152 valence electrons. The molecule has 0 fully saturated rings. The van der Waals surface area contributed by atoms with E-state index in [0.717, 1.165) is 36.5 Å². The first-order chi connectivity index (χ1) is 12.9. The average Bonchev–Trinajstić information content (AvgIpc) is 2.66. The van der Waals surface area contributed by atoms with Crippen LogP contribution in [0.2, 0.25) is 0 Å². The van der Waals surface area contributed by atoms with Crippen molar-refractivity contribution in [2.24, 2.45) is 0 Å². The summed E-state index contributed by atoms with van der Waals surface area (Å²) in [6.07, 6.45) is 0.196. The van der Waals surface area contributed by atoms with E-state index in [0.29, 0.717) is 19.7 Å². The van der Waals surface area contributed by atoms with Gasteiger partial charge in [-0.1, -0.05) is 26.0 Å². The lowest BCUT2D eigenvalue weighted by Gasteiger charge is -2.26. The summed E-state index contributed by atoms with van der Waals surface area (Å²) < 4.78 is 10.7. The molecule has 0 saturated carbocycles. The predicted molar refractivity (Wildman–Crippen MR) is 107 cm³/mol. The molecule has 0 saturated heterocycles. The summed E-state index contributed by atoms with van der Waals surface area (Å²) >= 11 is 0. The third kappa shape index (κ3) is 7.99. The van der Waals surface area contributed by atoms with Crippen molar-refractivity contribution in [3.8, 4) is 5.75 Å². The highest BCUT2D eigenvalue weighted by molar-refractivity contribution is 5.78. The van der Waals surface area contributed by atoms with Gasteiger partial charge in [-0.2, -0.15) is 0 Å². The number of carbonyl (C=O) groups excluding carboxylic acids is 2. The molecule has 6 nitrogen and oxygen atoms in total. The number of amides is 1. The van der Waals surface area contributed by atoms with Crippen LogP contribution in [0.5, 0.6) is 5.75 Å². The Morgan fingerprint density at radius 2 is 1.70 bits per heavy atom. The van der Waals surface area contributed by atoms with E-state index in [1.54, 1.807) is 11.8 Å². The minimum atomic E-state index is -0.284. The van der Waals surface area contributed by atoms with Gasteiger partial charge in [0.05, 0.1) is 13.0 Å². The highest BCUT2D eigenvalue weighted by atomic mass is 16.5. The molecule has 0 heterocycles. The third-order valence-electron chi connectivity index (χ3n) is 4.73. The normalized spacial score (nSPS) is 10.7. The lowest BCUT2D eigenvalue weighted by Crippen LogP contribution is -2.42. The summed E-state index contributed by atoms with van der Waals surface area (Å²) in [7, 11) is 0. The fraction of sp³-hybridized carbons (Fsp3) is 0.619. The van der Waals surface area contributed by atoms with Gasteiger partial charge in [-0.25, -0.2) is 0 Å². The van der Waals surface area contributed by atoms with Crippen molar-refractivity contribution in [1.29, 1.82) is 0 Å². The number of hydrogen-bond donors (Lipinski definition) is 0. The third-order valence-corrected chi connectivity index (χ3v) is 4.73. The summed E-state index contributed by atoms with van der Waals surface area (Å²) in [5, 5.41) is 0. The maximum atomic E-state index is 12.7. The van der Waals surface area contributed by atoms with Crippen LogP contribution in [0.3, 0.4) is 0 Å². The zero-order valence-corrected chi connectivity index (χ0v) is 17.4. The van der Waals surface area contributed by atoms with E-state index in [1.807, 2.05) is 32.0 Å². The molecule has 0 bridgehead atoms. The minimum absolute atomic E-state index is 0.0363. The molecule has 1 rings (SSSR count). The van der Waals surface area contributed by atoms with Crippen molar-refractivity contribution in [2.75, 3.05) is 45.9 Å².